The third kappa shape index (κ3) is 4.80. The molecule has 0 saturated carbocycles. The van der Waals surface area contributed by atoms with E-state index >= 15 is 0 Å². The maximum absolute atomic E-state index is 12.8. The molecule has 0 aliphatic carbocycles. The van der Waals surface area contributed by atoms with Gasteiger partial charge in [-0.25, -0.2) is 13.6 Å². The summed E-state index contributed by atoms with van der Waals surface area (Å²) in [7, 11) is -3.72. The van der Waals surface area contributed by atoms with Crippen LogP contribution >= 0.6 is 0 Å². The Morgan fingerprint density at radius 2 is 1.55 bits per heavy atom. The maximum Gasteiger partial charge on any atom is 0.254 e. The minimum absolute atomic E-state index is 0.00528. The number of piperazine rings is 1. The average molecular weight is 445 g/mol. The Balaban J connectivity index is 1.27. The van der Waals surface area contributed by atoms with Crippen molar-refractivity contribution in [3.8, 4) is 11.5 Å². The number of fused-ring (bicyclic) bond motifs is 1. The zero-order valence-corrected chi connectivity index (χ0v) is 17.6. The number of carbonyl (C=O) groups excluding carboxylic acids is 2. The number of nitrogens with zero attached hydrogens (tertiary/aromatic N) is 2. The van der Waals surface area contributed by atoms with Crippen molar-refractivity contribution in [1.82, 2.24) is 9.80 Å². The number of aryl methyl sites for hydroxylation is 1. The van der Waals surface area contributed by atoms with E-state index in [9.17, 15) is 18.0 Å². The topological polar surface area (TPSA) is 119 Å². The van der Waals surface area contributed by atoms with Crippen LogP contribution in [0.2, 0.25) is 0 Å². The van der Waals surface area contributed by atoms with E-state index in [0.717, 1.165) is 5.56 Å². The Morgan fingerprint density at radius 3 is 2.23 bits per heavy atom. The molecule has 31 heavy (non-hydrogen) atoms. The van der Waals surface area contributed by atoms with Crippen LogP contribution in [0.5, 0.6) is 11.5 Å². The van der Waals surface area contributed by atoms with Gasteiger partial charge in [-0.2, -0.15) is 0 Å². The van der Waals surface area contributed by atoms with Crippen LogP contribution in [-0.2, 0) is 21.2 Å². The fraction of sp³-hybridized carbons (Fsp3) is 0.333. The Hall–Kier alpha value is -3.11. The first-order valence-corrected chi connectivity index (χ1v) is 11.4. The number of primary sulfonamides is 1. The number of hydrogen-bond acceptors (Lipinski definition) is 6. The van der Waals surface area contributed by atoms with Crippen LogP contribution < -0.4 is 14.6 Å². The fourth-order valence-corrected chi connectivity index (χ4v) is 4.14. The number of ether oxygens (including phenoxy) is 2. The monoisotopic (exact) mass is 445 g/mol. The van der Waals surface area contributed by atoms with Gasteiger partial charge >= 0.3 is 0 Å². The van der Waals surface area contributed by atoms with Gasteiger partial charge in [-0.3, -0.25) is 9.59 Å². The van der Waals surface area contributed by atoms with Gasteiger partial charge in [-0.15, -0.1) is 0 Å². The minimum Gasteiger partial charge on any atom is -0.454 e. The summed E-state index contributed by atoms with van der Waals surface area (Å²) < 4.78 is 33.2. The van der Waals surface area contributed by atoms with E-state index in [1.165, 1.54) is 12.1 Å². The lowest BCUT2D eigenvalue weighted by Crippen LogP contribution is -2.50. The summed E-state index contributed by atoms with van der Waals surface area (Å²) in [5, 5.41) is 5.09. The van der Waals surface area contributed by atoms with Crippen LogP contribution in [0.3, 0.4) is 0 Å². The first-order chi connectivity index (χ1) is 14.8. The van der Waals surface area contributed by atoms with Crippen LogP contribution in [-0.4, -0.2) is 63.0 Å². The SMILES string of the molecule is NS(=O)(=O)c1ccc(CCC(=O)N2CCN(C(=O)c3ccc4c(c3)OCO4)CC2)cc1. The first-order valence-electron chi connectivity index (χ1n) is 9.90. The molecular formula is C21H23N3O6S. The van der Waals surface area contributed by atoms with Crippen molar-refractivity contribution in [2.75, 3.05) is 33.0 Å². The third-order valence-corrected chi connectivity index (χ3v) is 6.35. The van der Waals surface area contributed by atoms with Gasteiger partial charge in [0.25, 0.3) is 5.91 Å². The molecule has 0 bridgehead atoms. The van der Waals surface area contributed by atoms with Crippen molar-refractivity contribution in [3.05, 3.63) is 53.6 Å². The molecule has 2 aromatic carbocycles. The molecular weight excluding hydrogens is 422 g/mol. The van der Waals surface area contributed by atoms with Gasteiger partial charge in [0.2, 0.25) is 22.7 Å². The van der Waals surface area contributed by atoms with Gasteiger partial charge in [0.1, 0.15) is 0 Å². The first kappa shape index (κ1) is 21.1. The highest BCUT2D eigenvalue weighted by Crippen LogP contribution is 2.32. The van der Waals surface area contributed by atoms with Crippen LogP contribution in [0.1, 0.15) is 22.3 Å². The second-order valence-electron chi connectivity index (χ2n) is 7.43. The zero-order chi connectivity index (χ0) is 22.0. The molecule has 0 atom stereocenters. The van der Waals surface area contributed by atoms with Gasteiger partial charge in [0, 0.05) is 38.2 Å². The van der Waals surface area contributed by atoms with Crippen LogP contribution in [0, 0.1) is 0 Å². The fourth-order valence-electron chi connectivity index (χ4n) is 3.63. The van der Waals surface area contributed by atoms with Crippen molar-refractivity contribution in [2.24, 2.45) is 5.14 Å². The lowest BCUT2D eigenvalue weighted by Gasteiger charge is -2.35. The molecule has 9 nitrogen and oxygen atoms in total. The Morgan fingerprint density at radius 1 is 0.903 bits per heavy atom. The second-order valence-corrected chi connectivity index (χ2v) is 8.99. The predicted molar refractivity (Wildman–Crippen MR) is 111 cm³/mol. The van der Waals surface area contributed by atoms with Gasteiger partial charge < -0.3 is 19.3 Å². The molecule has 164 valence electrons. The third-order valence-electron chi connectivity index (χ3n) is 5.42. The van der Waals surface area contributed by atoms with E-state index in [0.29, 0.717) is 56.1 Å². The van der Waals surface area contributed by atoms with E-state index in [4.69, 9.17) is 14.6 Å². The molecule has 2 aromatic rings. The molecule has 1 saturated heterocycles. The highest BCUT2D eigenvalue weighted by Gasteiger charge is 2.26. The normalized spacial score (nSPS) is 15.8. The summed E-state index contributed by atoms with van der Waals surface area (Å²) in [6, 6.07) is 11.3. The summed E-state index contributed by atoms with van der Waals surface area (Å²) in [6.45, 7) is 2.02. The Kier molecular flexibility index (Phi) is 5.84. The van der Waals surface area contributed by atoms with Crippen LogP contribution in [0.4, 0.5) is 0 Å². The molecule has 2 amide bonds. The van der Waals surface area contributed by atoms with Crippen LogP contribution in [0.25, 0.3) is 0 Å². The molecule has 10 heteroatoms. The highest BCUT2D eigenvalue weighted by molar-refractivity contribution is 7.89. The summed E-state index contributed by atoms with van der Waals surface area (Å²) in [5.74, 6) is 1.11. The number of carbonyl (C=O) groups is 2. The Labute approximate surface area is 180 Å². The lowest BCUT2D eigenvalue weighted by atomic mass is 10.1. The molecule has 2 aliphatic rings. The second kappa shape index (κ2) is 8.56. The highest BCUT2D eigenvalue weighted by atomic mass is 32.2. The van der Waals surface area contributed by atoms with Crippen molar-refractivity contribution >= 4 is 21.8 Å². The molecule has 0 unspecified atom stereocenters. The van der Waals surface area contributed by atoms with Crippen molar-refractivity contribution in [1.29, 1.82) is 0 Å². The summed E-state index contributed by atoms with van der Waals surface area (Å²) >= 11 is 0. The van der Waals surface area contributed by atoms with E-state index < -0.39 is 10.0 Å². The number of benzene rings is 2. The van der Waals surface area contributed by atoms with Crippen molar-refractivity contribution < 1.29 is 27.5 Å². The Bertz CT molecular complexity index is 1090. The molecule has 1 fully saturated rings. The maximum atomic E-state index is 12.8. The largest absolute Gasteiger partial charge is 0.454 e. The van der Waals surface area contributed by atoms with E-state index in [1.807, 2.05) is 0 Å². The van der Waals surface area contributed by atoms with Gasteiger partial charge in [-0.05, 0) is 42.3 Å². The minimum atomic E-state index is -3.72. The van der Waals surface area contributed by atoms with E-state index in [2.05, 4.69) is 0 Å². The predicted octanol–water partition coefficient (Wildman–Crippen LogP) is 0.980. The van der Waals surface area contributed by atoms with Gasteiger partial charge in [0.05, 0.1) is 4.90 Å². The summed E-state index contributed by atoms with van der Waals surface area (Å²) in [5.41, 5.74) is 1.39. The van der Waals surface area contributed by atoms with Crippen molar-refractivity contribution in [3.63, 3.8) is 0 Å². The lowest BCUT2D eigenvalue weighted by molar-refractivity contribution is -0.132. The number of rotatable bonds is 5. The smallest absolute Gasteiger partial charge is 0.254 e. The molecule has 0 aromatic heterocycles. The molecule has 0 radical (unpaired) electrons. The number of amides is 2. The number of sulfonamides is 1. The molecule has 4 rings (SSSR count). The number of hydrogen-bond donors (Lipinski definition) is 1. The standard InChI is InChI=1S/C21H23N3O6S/c22-31(27,28)17-5-1-15(2-6-17)3-8-20(25)23-9-11-24(12-10-23)21(26)16-4-7-18-19(13-16)30-14-29-18/h1-2,4-7,13H,3,8-12,14H2,(H2,22,27,28). The van der Waals surface area contributed by atoms with Crippen LogP contribution in [0.15, 0.2) is 47.4 Å². The quantitative estimate of drug-likeness (QED) is 0.733. The molecule has 2 aliphatic heterocycles. The zero-order valence-electron chi connectivity index (χ0n) is 16.8. The van der Waals surface area contributed by atoms with E-state index in [-0.39, 0.29) is 23.5 Å². The van der Waals surface area contributed by atoms with Crippen molar-refractivity contribution in [2.45, 2.75) is 17.7 Å². The summed E-state index contributed by atoms with van der Waals surface area (Å²) in [6.07, 6.45) is 0.810. The number of nitrogens with two attached hydrogens (primary N) is 1. The van der Waals surface area contributed by atoms with E-state index in [1.54, 1.807) is 40.1 Å². The van der Waals surface area contributed by atoms with Gasteiger partial charge in [0.15, 0.2) is 11.5 Å². The van der Waals surface area contributed by atoms with Gasteiger partial charge in [-0.1, -0.05) is 12.1 Å². The molecule has 2 N–H and O–H groups in total. The summed E-state index contributed by atoms with van der Waals surface area (Å²) in [4.78, 5) is 28.8. The average Bonchev–Trinajstić information content (AvgIpc) is 3.24. The molecule has 0 spiro atoms. The molecule has 2 heterocycles.